The lowest BCUT2D eigenvalue weighted by Gasteiger charge is -2.00. The van der Waals surface area contributed by atoms with Crippen molar-refractivity contribution < 1.29 is 27.5 Å². The molecular formula is C25H22N4O8S. The van der Waals surface area contributed by atoms with Crippen LogP contribution in [-0.2, 0) is 9.84 Å². The van der Waals surface area contributed by atoms with Gasteiger partial charge in [0, 0.05) is 35.4 Å². The molecule has 38 heavy (non-hydrogen) atoms. The summed E-state index contributed by atoms with van der Waals surface area (Å²) in [6.07, 6.45) is 3.52. The fraction of sp³-hybridized carbons (Fsp3) is 0.0800. The maximum atomic E-state index is 11.4. The average molecular weight is 539 g/mol. The first kappa shape index (κ1) is 29.2. The summed E-state index contributed by atoms with van der Waals surface area (Å²) in [5.41, 5.74) is 2.30. The molecule has 196 valence electrons. The molecule has 0 N–H and O–H groups in total. The minimum Gasteiger partial charge on any atom is -0.444 e. The summed E-state index contributed by atoms with van der Waals surface area (Å²) in [7, 11) is -3.26. The number of nitrogens with zero attached hydrogens (tertiary/aromatic N) is 4. The molecule has 0 saturated heterocycles. The van der Waals surface area contributed by atoms with Crippen LogP contribution in [0.25, 0.3) is 11.3 Å². The molecule has 0 bridgehead atoms. The van der Waals surface area contributed by atoms with Gasteiger partial charge < -0.3 is 4.42 Å². The van der Waals surface area contributed by atoms with E-state index in [1.165, 1.54) is 42.8 Å². The third kappa shape index (κ3) is 8.87. The van der Waals surface area contributed by atoms with Gasteiger partial charge in [0.25, 0.3) is 11.4 Å². The summed E-state index contributed by atoms with van der Waals surface area (Å²) in [4.78, 5) is 37.1. The van der Waals surface area contributed by atoms with Gasteiger partial charge in [0.2, 0.25) is 0 Å². The molecule has 1 heterocycles. The van der Waals surface area contributed by atoms with E-state index in [4.69, 9.17) is 4.42 Å². The standard InChI is InChI=1S/C9H6N2O3.C9H11NO2S.C7H5NO3/c12-11(13)8-3-1-7(2-4-8)9-5-10-6-14-9;1-8-3-5-9(6-4-8)13(11,12)7-10-2;9-5-6-1-3-7(4-2-6)8(10)11/h1-6H;3-6H,2,7H2,1H3;1-5H. The third-order valence-corrected chi connectivity index (χ3v) is 6.19. The van der Waals surface area contributed by atoms with Crippen molar-refractivity contribution in [3.8, 4) is 11.3 Å². The monoisotopic (exact) mass is 538 g/mol. The van der Waals surface area contributed by atoms with Gasteiger partial charge in [-0.05, 0) is 50.0 Å². The highest BCUT2D eigenvalue weighted by Crippen LogP contribution is 2.21. The second-order valence-corrected chi connectivity index (χ2v) is 9.38. The average Bonchev–Trinajstić information content (AvgIpc) is 3.45. The number of aldehydes is 1. The number of nitro groups is 2. The smallest absolute Gasteiger partial charge is 0.269 e. The number of carbonyl (C=O) groups is 1. The van der Waals surface area contributed by atoms with Crippen molar-refractivity contribution >= 4 is 34.2 Å². The van der Waals surface area contributed by atoms with Crippen LogP contribution in [0.1, 0.15) is 15.9 Å². The molecule has 0 aliphatic carbocycles. The van der Waals surface area contributed by atoms with Gasteiger partial charge in [-0.25, -0.2) is 13.4 Å². The zero-order valence-corrected chi connectivity index (χ0v) is 20.9. The zero-order chi connectivity index (χ0) is 28.1. The highest BCUT2D eigenvalue weighted by Gasteiger charge is 2.11. The van der Waals surface area contributed by atoms with Crippen LogP contribution in [0, 0.1) is 27.2 Å². The summed E-state index contributed by atoms with van der Waals surface area (Å²) in [5.74, 6) is 0.343. The summed E-state index contributed by atoms with van der Waals surface area (Å²) in [6.45, 7) is 5.06. The minimum absolute atomic E-state index is 0.00407. The molecule has 0 radical (unpaired) electrons. The fourth-order valence-corrected chi connectivity index (χ4v) is 3.66. The van der Waals surface area contributed by atoms with Crippen LogP contribution < -0.4 is 0 Å². The Labute approximate surface area is 217 Å². The Hall–Kier alpha value is -5.04. The molecule has 0 unspecified atom stereocenters. The molecular weight excluding hydrogens is 516 g/mol. The predicted octanol–water partition coefficient (Wildman–Crippen LogP) is 5.08. The zero-order valence-electron chi connectivity index (χ0n) is 20.0. The van der Waals surface area contributed by atoms with E-state index in [1.54, 1.807) is 42.6 Å². The Morgan fingerprint density at radius 2 is 1.45 bits per heavy atom. The highest BCUT2D eigenvalue weighted by atomic mass is 32.2. The Kier molecular flexibility index (Phi) is 10.7. The number of hydrogen-bond donors (Lipinski definition) is 0. The molecule has 0 saturated carbocycles. The van der Waals surface area contributed by atoms with E-state index in [-0.39, 0.29) is 17.3 Å². The summed E-state index contributed by atoms with van der Waals surface area (Å²) in [6, 6.07) is 18.2. The van der Waals surface area contributed by atoms with E-state index in [9.17, 15) is 33.4 Å². The molecule has 4 rings (SSSR count). The molecule has 4 aromatic rings. The van der Waals surface area contributed by atoms with E-state index < -0.39 is 19.7 Å². The van der Waals surface area contributed by atoms with Crippen LogP contribution in [0.15, 0.2) is 99.7 Å². The number of benzene rings is 3. The number of non-ortho nitro benzene ring substituents is 2. The lowest BCUT2D eigenvalue weighted by Crippen LogP contribution is -2.04. The molecule has 0 spiro atoms. The lowest BCUT2D eigenvalue weighted by molar-refractivity contribution is -0.385. The van der Waals surface area contributed by atoms with Crippen LogP contribution in [0.3, 0.4) is 0 Å². The Bertz CT molecular complexity index is 1470. The lowest BCUT2D eigenvalue weighted by atomic mass is 10.2. The Balaban J connectivity index is 0.000000202. The largest absolute Gasteiger partial charge is 0.444 e. The van der Waals surface area contributed by atoms with Crippen molar-refractivity contribution in [2.75, 3.05) is 5.88 Å². The van der Waals surface area contributed by atoms with Crippen molar-refractivity contribution in [3.63, 3.8) is 0 Å². The van der Waals surface area contributed by atoms with E-state index in [1.807, 2.05) is 6.92 Å². The molecule has 3 aromatic carbocycles. The van der Waals surface area contributed by atoms with Gasteiger partial charge in [0.15, 0.2) is 22.0 Å². The van der Waals surface area contributed by atoms with Crippen LogP contribution in [0.4, 0.5) is 11.4 Å². The topological polar surface area (TPSA) is 176 Å². The van der Waals surface area contributed by atoms with Gasteiger partial charge in [-0.15, -0.1) is 0 Å². The molecule has 0 atom stereocenters. The van der Waals surface area contributed by atoms with Crippen LogP contribution in [0.2, 0.25) is 0 Å². The van der Waals surface area contributed by atoms with Gasteiger partial charge in [0.1, 0.15) is 12.2 Å². The molecule has 0 aliphatic rings. The molecule has 0 fully saturated rings. The number of aromatic nitrogens is 1. The Morgan fingerprint density at radius 1 is 0.921 bits per heavy atom. The number of hydrogen-bond acceptors (Lipinski definition) is 10. The highest BCUT2D eigenvalue weighted by molar-refractivity contribution is 7.91. The number of aliphatic imine (C=N–C) groups is 1. The summed E-state index contributed by atoms with van der Waals surface area (Å²) < 4.78 is 27.9. The van der Waals surface area contributed by atoms with Crippen LogP contribution in [-0.4, -0.2) is 42.1 Å². The molecule has 12 nitrogen and oxygen atoms in total. The maximum absolute atomic E-state index is 11.4. The number of sulfone groups is 1. The van der Waals surface area contributed by atoms with Crippen LogP contribution in [0.5, 0.6) is 0 Å². The van der Waals surface area contributed by atoms with Gasteiger partial charge >= 0.3 is 0 Å². The maximum Gasteiger partial charge on any atom is 0.269 e. The second kappa shape index (κ2) is 13.9. The van der Waals surface area contributed by atoms with Gasteiger partial charge in [-0.2, -0.15) is 0 Å². The van der Waals surface area contributed by atoms with E-state index in [2.05, 4.69) is 16.7 Å². The van der Waals surface area contributed by atoms with Gasteiger partial charge in [0.05, 0.1) is 20.9 Å². The normalized spacial score (nSPS) is 10.1. The molecule has 13 heteroatoms. The SMILES string of the molecule is C=NCS(=O)(=O)c1ccc(C)cc1.O=Cc1ccc([N+](=O)[O-])cc1.O=[N+]([O-])c1ccc(-c2cnco2)cc1. The number of nitro benzene ring substituents is 2. The molecule has 0 aliphatic heterocycles. The predicted molar refractivity (Wildman–Crippen MR) is 140 cm³/mol. The fourth-order valence-electron chi connectivity index (χ4n) is 2.72. The molecule has 1 aromatic heterocycles. The quantitative estimate of drug-likeness (QED) is 0.134. The minimum atomic E-state index is -3.26. The first-order valence-electron chi connectivity index (χ1n) is 10.6. The Morgan fingerprint density at radius 3 is 1.87 bits per heavy atom. The van der Waals surface area contributed by atoms with E-state index >= 15 is 0 Å². The van der Waals surface area contributed by atoms with Gasteiger partial charge in [-0.3, -0.25) is 30.0 Å². The first-order valence-corrected chi connectivity index (χ1v) is 12.3. The summed E-state index contributed by atoms with van der Waals surface area (Å²) in [5, 5.41) is 20.5. The van der Waals surface area contributed by atoms with E-state index in [0.717, 1.165) is 11.1 Å². The summed E-state index contributed by atoms with van der Waals surface area (Å²) >= 11 is 0. The van der Waals surface area contributed by atoms with Crippen molar-refractivity contribution in [2.45, 2.75) is 11.8 Å². The van der Waals surface area contributed by atoms with Crippen molar-refractivity contribution in [2.24, 2.45) is 4.99 Å². The van der Waals surface area contributed by atoms with Gasteiger partial charge in [-0.1, -0.05) is 17.7 Å². The number of oxazole rings is 1. The first-order chi connectivity index (χ1) is 18.1. The number of aryl methyl sites for hydroxylation is 1. The van der Waals surface area contributed by atoms with Crippen molar-refractivity contribution in [1.82, 2.24) is 4.98 Å². The van der Waals surface area contributed by atoms with Crippen molar-refractivity contribution in [1.29, 1.82) is 0 Å². The number of rotatable bonds is 7. The number of carbonyl (C=O) groups excluding carboxylic acids is 1. The third-order valence-electron chi connectivity index (χ3n) is 4.68. The second-order valence-electron chi connectivity index (χ2n) is 7.42. The molecule has 0 amide bonds. The van der Waals surface area contributed by atoms with Crippen molar-refractivity contribution in [3.05, 3.63) is 117 Å². The van der Waals surface area contributed by atoms with Crippen LogP contribution >= 0.6 is 0 Å². The van der Waals surface area contributed by atoms with E-state index in [0.29, 0.717) is 22.5 Å².